The highest BCUT2D eigenvalue weighted by Crippen LogP contribution is 2.25. The third kappa shape index (κ3) is 3.16. The van der Waals surface area contributed by atoms with Gasteiger partial charge in [-0.25, -0.2) is 0 Å². The summed E-state index contributed by atoms with van der Waals surface area (Å²) >= 11 is 1.43. The summed E-state index contributed by atoms with van der Waals surface area (Å²) < 4.78 is 5.67. The first-order valence-corrected chi connectivity index (χ1v) is 6.98. The van der Waals surface area contributed by atoms with Crippen molar-refractivity contribution in [3.63, 3.8) is 0 Å². The molecule has 0 fully saturated rings. The molecule has 94 valence electrons. The SMILES string of the molecule is c1ccc(COSc2ccc3ccccc3c2)cc1. The summed E-state index contributed by atoms with van der Waals surface area (Å²) in [4.78, 5) is 1.13. The lowest BCUT2D eigenvalue weighted by Gasteiger charge is -2.04. The molecule has 1 nitrogen and oxygen atoms in total. The van der Waals surface area contributed by atoms with Crippen molar-refractivity contribution in [3.8, 4) is 0 Å². The van der Waals surface area contributed by atoms with Crippen LogP contribution >= 0.6 is 12.0 Å². The van der Waals surface area contributed by atoms with E-state index in [-0.39, 0.29) is 0 Å². The molecule has 0 aromatic heterocycles. The maximum atomic E-state index is 5.67. The van der Waals surface area contributed by atoms with Crippen LogP contribution in [0.2, 0.25) is 0 Å². The third-order valence-corrected chi connectivity index (χ3v) is 3.63. The average molecular weight is 266 g/mol. The van der Waals surface area contributed by atoms with Crippen LogP contribution in [0, 0.1) is 0 Å². The molecule has 0 spiro atoms. The normalized spacial score (nSPS) is 10.7. The maximum absolute atomic E-state index is 5.67. The molecule has 0 heterocycles. The Morgan fingerprint density at radius 1 is 0.737 bits per heavy atom. The van der Waals surface area contributed by atoms with E-state index in [1.165, 1.54) is 28.4 Å². The van der Waals surface area contributed by atoms with Gasteiger partial charge in [0.25, 0.3) is 0 Å². The summed E-state index contributed by atoms with van der Waals surface area (Å²) in [5.74, 6) is 0. The molecule has 3 aromatic carbocycles. The van der Waals surface area contributed by atoms with Crippen LogP contribution in [0.3, 0.4) is 0 Å². The molecule has 0 saturated carbocycles. The molecule has 3 rings (SSSR count). The Balaban J connectivity index is 1.65. The van der Waals surface area contributed by atoms with Crippen LogP contribution in [-0.4, -0.2) is 0 Å². The molecule has 0 bridgehead atoms. The average Bonchev–Trinajstić information content (AvgIpc) is 2.48. The third-order valence-electron chi connectivity index (χ3n) is 2.94. The molecule has 0 aliphatic rings. The van der Waals surface area contributed by atoms with Gasteiger partial charge in [-0.3, -0.25) is 0 Å². The lowest BCUT2D eigenvalue weighted by Crippen LogP contribution is -1.85. The summed E-state index contributed by atoms with van der Waals surface area (Å²) in [6.07, 6.45) is 0. The second kappa shape index (κ2) is 5.91. The summed E-state index contributed by atoms with van der Waals surface area (Å²) in [5.41, 5.74) is 1.19. The lowest BCUT2D eigenvalue weighted by atomic mass is 10.1. The Kier molecular flexibility index (Phi) is 3.82. The van der Waals surface area contributed by atoms with Crippen LogP contribution in [0.5, 0.6) is 0 Å². The lowest BCUT2D eigenvalue weighted by molar-refractivity contribution is 0.364. The standard InChI is InChI=1S/C17H14OS/c1-2-6-14(7-3-1)13-18-19-17-11-10-15-8-4-5-9-16(15)12-17/h1-12H,13H2. The number of fused-ring (bicyclic) bond motifs is 1. The van der Waals surface area contributed by atoms with Gasteiger partial charge in [0.05, 0.1) is 6.61 Å². The summed E-state index contributed by atoms with van der Waals surface area (Å²) in [6.45, 7) is 0.623. The minimum absolute atomic E-state index is 0.623. The van der Waals surface area contributed by atoms with Crippen LogP contribution < -0.4 is 0 Å². The van der Waals surface area contributed by atoms with E-state index in [9.17, 15) is 0 Å². The fraction of sp³-hybridized carbons (Fsp3) is 0.0588. The van der Waals surface area contributed by atoms with Gasteiger partial charge >= 0.3 is 0 Å². The van der Waals surface area contributed by atoms with Gasteiger partial charge in [-0.1, -0.05) is 60.7 Å². The Morgan fingerprint density at radius 2 is 1.47 bits per heavy atom. The highest BCUT2D eigenvalue weighted by molar-refractivity contribution is 7.94. The van der Waals surface area contributed by atoms with Crippen LogP contribution in [0.15, 0.2) is 77.7 Å². The largest absolute Gasteiger partial charge is 0.305 e. The van der Waals surface area contributed by atoms with E-state index < -0.39 is 0 Å². The summed E-state index contributed by atoms with van der Waals surface area (Å²) in [5, 5.41) is 2.51. The van der Waals surface area contributed by atoms with Crippen molar-refractivity contribution < 1.29 is 4.18 Å². The highest BCUT2D eigenvalue weighted by atomic mass is 32.2. The predicted molar refractivity (Wildman–Crippen MR) is 81.0 cm³/mol. The van der Waals surface area contributed by atoms with Gasteiger partial charge in [-0.15, -0.1) is 0 Å². The van der Waals surface area contributed by atoms with Crippen molar-refractivity contribution in [2.24, 2.45) is 0 Å². The van der Waals surface area contributed by atoms with Crippen molar-refractivity contribution in [2.75, 3.05) is 0 Å². The van der Waals surface area contributed by atoms with E-state index in [1.54, 1.807) is 0 Å². The summed E-state index contributed by atoms with van der Waals surface area (Å²) in [7, 11) is 0. The number of benzene rings is 3. The van der Waals surface area contributed by atoms with Gasteiger partial charge < -0.3 is 4.18 Å². The zero-order chi connectivity index (χ0) is 12.9. The van der Waals surface area contributed by atoms with Gasteiger partial charge in [-0.05, 0) is 28.5 Å². The molecule has 0 saturated heterocycles. The first-order valence-electron chi connectivity index (χ1n) is 6.24. The van der Waals surface area contributed by atoms with Crippen molar-refractivity contribution in [3.05, 3.63) is 78.4 Å². The first kappa shape index (κ1) is 12.3. The predicted octanol–water partition coefficient (Wildman–Crippen LogP) is 5.06. The molecular weight excluding hydrogens is 252 g/mol. The van der Waals surface area contributed by atoms with Crippen molar-refractivity contribution in [1.82, 2.24) is 0 Å². The van der Waals surface area contributed by atoms with Gasteiger partial charge in [0.15, 0.2) is 0 Å². The van der Waals surface area contributed by atoms with E-state index in [0.29, 0.717) is 6.61 Å². The molecule has 0 atom stereocenters. The van der Waals surface area contributed by atoms with E-state index in [2.05, 4.69) is 54.6 Å². The van der Waals surface area contributed by atoms with E-state index >= 15 is 0 Å². The van der Waals surface area contributed by atoms with Crippen molar-refractivity contribution in [1.29, 1.82) is 0 Å². The smallest absolute Gasteiger partial charge is 0.0869 e. The van der Waals surface area contributed by atoms with Crippen LogP contribution in [0.25, 0.3) is 10.8 Å². The molecule has 3 aromatic rings. The molecule has 0 aliphatic heterocycles. The molecule has 0 unspecified atom stereocenters. The molecular formula is C17H14OS. The Labute approximate surface area is 117 Å². The fourth-order valence-electron chi connectivity index (χ4n) is 1.96. The van der Waals surface area contributed by atoms with Gasteiger partial charge in [0.2, 0.25) is 0 Å². The number of hydrogen-bond donors (Lipinski definition) is 0. The minimum atomic E-state index is 0.623. The van der Waals surface area contributed by atoms with E-state index in [4.69, 9.17) is 4.18 Å². The Hall–Kier alpha value is -1.77. The maximum Gasteiger partial charge on any atom is 0.0869 e. The second-order valence-corrected chi connectivity index (χ2v) is 5.21. The second-order valence-electron chi connectivity index (χ2n) is 4.34. The number of hydrogen-bond acceptors (Lipinski definition) is 2. The monoisotopic (exact) mass is 266 g/mol. The molecule has 2 heteroatoms. The first-order chi connectivity index (χ1) is 9.42. The Morgan fingerprint density at radius 3 is 2.32 bits per heavy atom. The Bertz CT molecular complexity index is 664. The topological polar surface area (TPSA) is 9.23 Å². The fourth-order valence-corrected chi connectivity index (χ4v) is 2.59. The summed E-state index contributed by atoms with van der Waals surface area (Å²) in [6, 6.07) is 24.9. The molecule has 0 radical (unpaired) electrons. The van der Waals surface area contributed by atoms with E-state index in [1.807, 2.05) is 18.2 Å². The van der Waals surface area contributed by atoms with Crippen molar-refractivity contribution in [2.45, 2.75) is 11.5 Å². The van der Waals surface area contributed by atoms with E-state index in [0.717, 1.165) is 4.90 Å². The van der Waals surface area contributed by atoms with Crippen LogP contribution in [-0.2, 0) is 10.8 Å². The highest BCUT2D eigenvalue weighted by Gasteiger charge is 1.98. The minimum Gasteiger partial charge on any atom is -0.305 e. The number of rotatable bonds is 4. The zero-order valence-electron chi connectivity index (χ0n) is 10.5. The van der Waals surface area contributed by atoms with Crippen molar-refractivity contribution >= 4 is 22.8 Å². The van der Waals surface area contributed by atoms with Crippen LogP contribution in [0.4, 0.5) is 0 Å². The molecule has 0 aliphatic carbocycles. The quantitative estimate of drug-likeness (QED) is 0.610. The van der Waals surface area contributed by atoms with Crippen LogP contribution in [0.1, 0.15) is 5.56 Å². The molecule has 19 heavy (non-hydrogen) atoms. The zero-order valence-corrected chi connectivity index (χ0v) is 11.3. The van der Waals surface area contributed by atoms with Gasteiger partial charge in [-0.2, -0.15) is 0 Å². The molecule has 0 N–H and O–H groups in total. The van der Waals surface area contributed by atoms with Gasteiger partial charge in [0.1, 0.15) is 0 Å². The van der Waals surface area contributed by atoms with Gasteiger partial charge in [0, 0.05) is 16.9 Å². The molecule has 0 amide bonds.